The van der Waals surface area contributed by atoms with Crippen LogP contribution in [0.2, 0.25) is 0 Å². The Balaban J connectivity index is 2.80. The Morgan fingerprint density at radius 2 is 1.58 bits per heavy atom. The SMILES string of the molecule is CC(C)(C)OC(=O)OC[C@H]1OC(OI)[C@](C)(P)[C@@H]1OC(=O)OC(C)(C)C. The quantitative estimate of drug-likeness (QED) is 0.322. The van der Waals surface area contributed by atoms with Crippen LogP contribution in [0.3, 0.4) is 0 Å². The van der Waals surface area contributed by atoms with Crippen LogP contribution in [0.15, 0.2) is 0 Å². The first-order chi connectivity index (χ1) is 11.7. The van der Waals surface area contributed by atoms with Gasteiger partial charge in [0.25, 0.3) is 0 Å². The van der Waals surface area contributed by atoms with Crippen LogP contribution >= 0.6 is 32.2 Å². The zero-order chi connectivity index (χ0) is 20.3. The van der Waals surface area contributed by atoms with Crippen molar-refractivity contribution in [2.24, 2.45) is 0 Å². The average molecular weight is 506 g/mol. The van der Waals surface area contributed by atoms with E-state index >= 15 is 0 Å². The van der Waals surface area contributed by atoms with Crippen LogP contribution in [0.1, 0.15) is 48.5 Å². The van der Waals surface area contributed by atoms with Crippen molar-refractivity contribution in [1.82, 2.24) is 0 Å². The van der Waals surface area contributed by atoms with Crippen LogP contribution in [0.25, 0.3) is 0 Å². The second kappa shape index (κ2) is 8.75. The van der Waals surface area contributed by atoms with E-state index < -0.39 is 47.2 Å². The van der Waals surface area contributed by atoms with Gasteiger partial charge >= 0.3 is 12.3 Å². The number of ether oxygens (including phenoxy) is 5. The van der Waals surface area contributed by atoms with Gasteiger partial charge in [-0.15, -0.1) is 9.24 Å². The Morgan fingerprint density at radius 3 is 2.04 bits per heavy atom. The molecule has 26 heavy (non-hydrogen) atoms. The summed E-state index contributed by atoms with van der Waals surface area (Å²) in [6.45, 7) is 12.0. The van der Waals surface area contributed by atoms with Crippen molar-refractivity contribution in [2.75, 3.05) is 6.61 Å². The highest BCUT2D eigenvalue weighted by molar-refractivity contribution is 14.1. The molecule has 10 heteroatoms. The zero-order valence-electron chi connectivity index (χ0n) is 16.2. The van der Waals surface area contributed by atoms with E-state index in [4.69, 9.17) is 26.8 Å². The van der Waals surface area contributed by atoms with E-state index in [1.54, 1.807) is 71.5 Å². The summed E-state index contributed by atoms with van der Waals surface area (Å²) in [5.41, 5.74) is -1.38. The first-order valence-corrected chi connectivity index (χ1v) is 9.58. The van der Waals surface area contributed by atoms with Crippen LogP contribution in [0.4, 0.5) is 9.59 Å². The normalized spacial score (nSPS) is 29.2. The molecule has 0 aromatic rings. The first-order valence-electron chi connectivity index (χ1n) is 8.13. The van der Waals surface area contributed by atoms with Crippen LogP contribution in [-0.4, -0.2) is 53.8 Å². The summed E-state index contributed by atoms with van der Waals surface area (Å²) in [6, 6.07) is 0. The Kier molecular flexibility index (Phi) is 7.96. The summed E-state index contributed by atoms with van der Waals surface area (Å²) in [6.07, 6.45) is -3.87. The molecule has 1 fully saturated rings. The van der Waals surface area contributed by atoms with Gasteiger partial charge in [0.1, 0.15) is 53.0 Å². The van der Waals surface area contributed by atoms with Crippen molar-refractivity contribution in [3.63, 3.8) is 0 Å². The lowest BCUT2D eigenvalue weighted by Crippen LogP contribution is -2.45. The van der Waals surface area contributed by atoms with Crippen molar-refractivity contribution < 1.29 is 36.3 Å². The number of rotatable bonds is 4. The fourth-order valence-corrected chi connectivity index (χ4v) is 3.54. The molecule has 5 atom stereocenters. The summed E-state index contributed by atoms with van der Waals surface area (Å²) in [5.74, 6) is 0. The molecule has 1 heterocycles. The van der Waals surface area contributed by atoms with Gasteiger partial charge in [0.15, 0.2) is 6.29 Å². The lowest BCUT2D eigenvalue weighted by Gasteiger charge is -2.30. The number of hydrogen-bond donors (Lipinski definition) is 0. The third kappa shape index (κ3) is 7.32. The second-order valence-electron chi connectivity index (χ2n) is 8.24. The highest BCUT2D eigenvalue weighted by Crippen LogP contribution is 2.42. The first kappa shape index (κ1) is 23.7. The number of carbonyl (C=O) groups is 2. The third-order valence-electron chi connectivity index (χ3n) is 3.21. The molecule has 0 bridgehead atoms. The van der Waals surface area contributed by atoms with Gasteiger partial charge in [-0.05, 0) is 48.5 Å². The minimum Gasteiger partial charge on any atom is -0.431 e. The molecule has 152 valence electrons. The van der Waals surface area contributed by atoms with Gasteiger partial charge in [0.2, 0.25) is 0 Å². The summed E-state index contributed by atoms with van der Waals surface area (Å²) in [7, 11) is 2.56. The van der Waals surface area contributed by atoms with Gasteiger partial charge in [0, 0.05) is 0 Å². The molecule has 8 nitrogen and oxygen atoms in total. The van der Waals surface area contributed by atoms with Crippen LogP contribution in [0, 0.1) is 0 Å². The molecule has 0 aromatic carbocycles. The van der Waals surface area contributed by atoms with E-state index in [1.807, 2.05) is 0 Å². The summed E-state index contributed by atoms with van der Waals surface area (Å²) in [4.78, 5) is 23.9. The summed E-state index contributed by atoms with van der Waals surface area (Å²) in [5, 5.41) is -0.764. The maximum absolute atomic E-state index is 12.1. The van der Waals surface area contributed by atoms with Crippen molar-refractivity contribution >= 4 is 44.6 Å². The lowest BCUT2D eigenvalue weighted by molar-refractivity contribution is -0.0976. The standard InChI is InChI=1S/C16H28IO8P/c1-14(2,3)23-12(18)20-8-9-10(16(7,26)11(21-9)25-17)22-13(19)24-15(4,5)6/h9-11H,8,26H2,1-7H3/t9-,10-,11?,16-/m1/s1. The van der Waals surface area contributed by atoms with Gasteiger partial charge in [-0.2, -0.15) is 0 Å². The number of hydrogen-bond acceptors (Lipinski definition) is 8. The topological polar surface area (TPSA) is 89.5 Å². The predicted molar refractivity (Wildman–Crippen MR) is 105 cm³/mol. The van der Waals surface area contributed by atoms with Gasteiger partial charge in [-0.3, -0.25) is 3.07 Å². The van der Waals surface area contributed by atoms with Crippen LogP contribution in [0.5, 0.6) is 0 Å². The largest absolute Gasteiger partial charge is 0.509 e. The zero-order valence-corrected chi connectivity index (χ0v) is 19.5. The molecule has 2 unspecified atom stereocenters. The highest BCUT2D eigenvalue weighted by Gasteiger charge is 2.55. The smallest absolute Gasteiger partial charge is 0.431 e. The average Bonchev–Trinajstić information content (AvgIpc) is 2.64. The monoisotopic (exact) mass is 506 g/mol. The third-order valence-corrected chi connectivity index (χ3v) is 4.27. The fraction of sp³-hybridized carbons (Fsp3) is 0.875. The molecule has 0 amide bonds. The highest BCUT2D eigenvalue weighted by atomic mass is 127. The molecule has 1 saturated heterocycles. The Hall–Kier alpha value is -0.380. The van der Waals surface area contributed by atoms with Crippen LogP contribution < -0.4 is 0 Å². The Morgan fingerprint density at radius 1 is 1.08 bits per heavy atom. The molecular weight excluding hydrogens is 478 g/mol. The molecule has 1 aliphatic rings. The molecule has 0 aliphatic carbocycles. The van der Waals surface area contributed by atoms with E-state index in [2.05, 4.69) is 9.24 Å². The van der Waals surface area contributed by atoms with Crippen molar-refractivity contribution in [2.45, 2.75) is 83.3 Å². The fourth-order valence-electron chi connectivity index (χ4n) is 2.17. The van der Waals surface area contributed by atoms with Crippen molar-refractivity contribution in [1.29, 1.82) is 0 Å². The maximum Gasteiger partial charge on any atom is 0.509 e. The minimum absolute atomic E-state index is 0.164. The lowest BCUT2D eigenvalue weighted by atomic mass is 10.0. The predicted octanol–water partition coefficient (Wildman–Crippen LogP) is 3.98. The molecule has 1 aliphatic heterocycles. The second-order valence-corrected chi connectivity index (χ2v) is 9.99. The van der Waals surface area contributed by atoms with Crippen molar-refractivity contribution in [3.05, 3.63) is 0 Å². The number of carbonyl (C=O) groups excluding carboxylic acids is 2. The van der Waals surface area contributed by atoms with E-state index in [0.29, 0.717) is 0 Å². The van der Waals surface area contributed by atoms with Gasteiger partial charge in [-0.1, -0.05) is 0 Å². The van der Waals surface area contributed by atoms with Gasteiger partial charge in [0.05, 0.1) is 5.16 Å². The van der Waals surface area contributed by atoms with E-state index in [0.717, 1.165) is 0 Å². The molecule has 0 aromatic heterocycles. The molecular formula is C16H28IO8P. The number of halogens is 1. The molecule has 0 N–H and O–H groups in total. The summed E-state index contributed by atoms with van der Waals surface area (Å²) < 4.78 is 31.9. The van der Waals surface area contributed by atoms with Gasteiger partial charge < -0.3 is 23.7 Å². The van der Waals surface area contributed by atoms with Crippen LogP contribution in [-0.2, 0) is 26.8 Å². The van der Waals surface area contributed by atoms with E-state index in [1.165, 1.54) is 0 Å². The molecule has 0 saturated carbocycles. The maximum atomic E-state index is 12.1. The molecule has 0 spiro atoms. The Labute approximate surface area is 170 Å². The summed E-state index contributed by atoms with van der Waals surface area (Å²) >= 11 is 1.71. The van der Waals surface area contributed by atoms with Gasteiger partial charge in [-0.25, -0.2) is 9.59 Å². The molecule has 0 radical (unpaired) electrons. The Bertz CT molecular complexity index is 511. The van der Waals surface area contributed by atoms with E-state index in [-0.39, 0.29) is 6.61 Å². The molecule has 1 rings (SSSR count). The van der Waals surface area contributed by atoms with Crippen molar-refractivity contribution in [3.8, 4) is 0 Å². The van der Waals surface area contributed by atoms with E-state index in [9.17, 15) is 9.59 Å². The minimum atomic E-state index is -0.837.